The third kappa shape index (κ3) is 5.01. The van der Waals surface area contributed by atoms with Gasteiger partial charge in [-0.2, -0.15) is 0 Å². The second-order valence-electron chi connectivity index (χ2n) is 4.05. The van der Waals surface area contributed by atoms with Crippen LogP contribution in [-0.2, 0) is 6.54 Å². The van der Waals surface area contributed by atoms with Gasteiger partial charge in [0.1, 0.15) is 0 Å². The monoisotopic (exact) mass is 238 g/mol. The van der Waals surface area contributed by atoms with E-state index in [-0.39, 0.29) is 0 Å². The first-order valence-corrected chi connectivity index (χ1v) is 6.87. The maximum absolute atomic E-state index is 5.56. The molecule has 0 aliphatic carbocycles. The molecular formula is C13H22N2S. The van der Waals surface area contributed by atoms with Gasteiger partial charge < -0.3 is 11.1 Å². The predicted molar refractivity (Wildman–Crippen MR) is 72.8 cm³/mol. The average molecular weight is 238 g/mol. The smallest absolute Gasteiger partial charge is 0.0205 e. The highest BCUT2D eigenvalue weighted by atomic mass is 32.2. The SMILES string of the molecule is CCSc1ccc(CNCC(C)CN)cc1. The normalized spacial score (nSPS) is 12.7. The van der Waals surface area contributed by atoms with Gasteiger partial charge in [0.05, 0.1) is 0 Å². The Labute approximate surface area is 103 Å². The van der Waals surface area contributed by atoms with Crippen molar-refractivity contribution in [1.29, 1.82) is 0 Å². The van der Waals surface area contributed by atoms with E-state index < -0.39 is 0 Å². The summed E-state index contributed by atoms with van der Waals surface area (Å²) in [6, 6.07) is 8.77. The van der Waals surface area contributed by atoms with Gasteiger partial charge in [-0.25, -0.2) is 0 Å². The summed E-state index contributed by atoms with van der Waals surface area (Å²) in [6.07, 6.45) is 0. The summed E-state index contributed by atoms with van der Waals surface area (Å²) in [4.78, 5) is 1.35. The lowest BCUT2D eigenvalue weighted by Gasteiger charge is -2.10. The zero-order valence-corrected chi connectivity index (χ0v) is 11.0. The molecule has 3 heteroatoms. The van der Waals surface area contributed by atoms with Gasteiger partial charge in [0, 0.05) is 11.4 Å². The molecule has 1 aromatic carbocycles. The van der Waals surface area contributed by atoms with Gasteiger partial charge in [-0.05, 0) is 42.5 Å². The molecule has 0 amide bonds. The Morgan fingerprint density at radius 3 is 2.56 bits per heavy atom. The quantitative estimate of drug-likeness (QED) is 0.717. The van der Waals surface area contributed by atoms with E-state index in [9.17, 15) is 0 Å². The largest absolute Gasteiger partial charge is 0.330 e. The fourth-order valence-electron chi connectivity index (χ4n) is 1.42. The topological polar surface area (TPSA) is 38.0 Å². The molecule has 3 N–H and O–H groups in total. The van der Waals surface area contributed by atoms with E-state index in [0.29, 0.717) is 5.92 Å². The molecule has 0 fully saturated rings. The highest BCUT2D eigenvalue weighted by Crippen LogP contribution is 2.17. The first-order valence-electron chi connectivity index (χ1n) is 5.88. The van der Waals surface area contributed by atoms with E-state index in [0.717, 1.165) is 25.4 Å². The molecular weight excluding hydrogens is 216 g/mol. The highest BCUT2D eigenvalue weighted by molar-refractivity contribution is 7.99. The van der Waals surface area contributed by atoms with E-state index in [1.54, 1.807) is 0 Å². The van der Waals surface area contributed by atoms with E-state index in [4.69, 9.17) is 5.73 Å². The van der Waals surface area contributed by atoms with Crippen LogP contribution in [0.2, 0.25) is 0 Å². The Bertz CT molecular complexity index is 284. The van der Waals surface area contributed by atoms with Crippen LogP contribution < -0.4 is 11.1 Å². The van der Waals surface area contributed by atoms with Gasteiger partial charge in [-0.1, -0.05) is 26.0 Å². The Kier molecular flexibility index (Phi) is 6.53. The van der Waals surface area contributed by atoms with E-state index in [1.807, 2.05) is 11.8 Å². The van der Waals surface area contributed by atoms with Crippen molar-refractivity contribution in [2.24, 2.45) is 11.7 Å². The summed E-state index contributed by atoms with van der Waals surface area (Å²) in [5.41, 5.74) is 6.90. The Balaban J connectivity index is 2.31. The van der Waals surface area contributed by atoms with Crippen molar-refractivity contribution in [2.45, 2.75) is 25.3 Å². The maximum atomic E-state index is 5.56. The lowest BCUT2D eigenvalue weighted by atomic mass is 10.1. The molecule has 16 heavy (non-hydrogen) atoms. The average Bonchev–Trinajstić information content (AvgIpc) is 2.31. The van der Waals surface area contributed by atoms with Crippen molar-refractivity contribution >= 4 is 11.8 Å². The molecule has 0 saturated carbocycles. The van der Waals surface area contributed by atoms with Gasteiger partial charge in [0.2, 0.25) is 0 Å². The summed E-state index contributed by atoms with van der Waals surface area (Å²) >= 11 is 1.88. The van der Waals surface area contributed by atoms with Crippen LogP contribution in [0.15, 0.2) is 29.2 Å². The van der Waals surface area contributed by atoms with Gasteiger partial charge in [0.25, 0.3) is 0 Å². The summed E-state index contributed by atoms with van der Waals surface area (Å²) in [5.74, 6) is 1.68. The zero-order chi connectivity index (χ0) is 11.8. The molecule has 1 rings (SSSR count). The van der Waals surface area contributed by atoms with Gasteiger partial charge in [-0.15, -0.1) is 11.8 Å². The minimum Gasteiger partial charge on any atom is -0.330 e. The number of benzene rings is 1. The molecule has 0 aliphatic heterocycles. The minimum absolute atomic E-state index is 0.551. The van der Waals surface area contributed by atoms with E-state index >= 15 is 0 Å². The molecule has 1 aromatic rings. The molecule has 0 aromatic heterocycles. The highest BCUT2D eigenvalue weighted by Gasteiger charge is 1.98. The summed E-state index contributed by atoms with van der Waals surface area (Å²) in [5, 5.41) is 3.42. The number of hydrogen-bond acceptors (Lipinski definition) is 3. The molecule has 2 nitrogen and oxygen atoms in total. The molecule has 1 atom stereocenters. The van der Waals surface area contributed by atoms with Crippen LogP contribution in [0.3, 0.4) is 0 Å². The minimum atomic E-state index is 0.551. The molecule has 0 aliphatic rings. The molecule has 0 spiro atoms. The summed E-state index contributed by atoms with van der Waals surface area (Å²) < 4.78 is 0. The fourth-order valence-corrected chi connectivity index (χ4v) is 2.08. The van der Waals surface area contributed by atoms with Crippen molar-refractivity contribution in [3.05, 3.63) is 29.8 Å². The van der Waals surface area contributed by atoms with Crippen LogP contribution in [0.1, 0.15) is 19.4 Å². The molecule has 0 radical (unpaired) electrons. The van der Waals surface area contributed by atoms with E-state index in [1.165, 1.54) is 10.5 Å². The van der Waals surface area contributed by atoms with Crippen LogP contribution in [0.4, 0.5) is 0 Å². The Morgan fingerprint density at radius 2 is 2.00 bits per heavy atom. The van der Waals surface area contributed by atoms with Gasteiger partial charge >= 0.3 is 0 Å². The van der Waals surface area contributed by atoms with Crippen LogP contribution in [-0.4, -0.2) is 18.8 Å². The third-order valence-corrected chi connectivity index (χ3v) is 3.35. The second-order valence-corrected chi connectivity index (χ2v) is 5.39. The first kappa shape index (κ1) is 13.6. The van der Waals surface area contributed by atoms with Crippen molar-refractivity contribution < 1.29 is 0 Å². The summed E-state index contributed by atoms with van der Waals surface area (Å²) in [7, 11) is 0. The van der Waals surface area contributed by atoms with Crippen LogP contribution in [0.5, 0.6) is 0 Å². The Hall–Kier alpha value is -0.510. The number of thioether (sulfide) groups is 1. The number of hydrogen-bond donors (Lipinski definition) is 2. The van der Waals surface area contributed by atoms with Crippen molar-refractivity contribution in [3.63, 3.8) is 0 Å². The lowest BCUT2D eigenvalue weighted by Crippen LogP contribution is -2.25. The lowest BCUT2D eigenvalue weighted by molar-refractivity contribution is 0.522. The number of rotatable bonds is 7. The van der Waals surface area contributed by atoms with Gasteiger partial charge in [-0.3, -0.25) is 0 Å². The molecule has 0 bridgehead atoms. The molecule has 90 valence electrons. The number of nitrogens with one attached hydrogen (secondary N) is 1. The number of nitrogens with two attached hydrogens (primary N) is 1. The van der Waals surface area contributed by atoms with Gasteiger partial charge in [0.15, 0.2) is 0 Å². The van der Waals surface area contributed by atoms with Crippen molar-refractivity contribution in [1.82, 2.24) is 5.32 Å². The molecule has 0 saturated heterocycles. The fraction of sp³-hybridized carbons (Fsp3) is 0.538. The zero-order valence-electron chi connectivity index (χ0n) is 10.2. The van der Waals surface area contributed by atoms with Crippen molar-refractivity contribution in [2.75, 3.05) is 18.8 Å². The third-order valence-electron chi connectivity index (χ3n) is 2.46. The predicted octanol–water partition coefficient (Wildman–Crippen LogP) is 2.48. The molecule has 1 unspecified atom stereocenters. The maximum Gasteiger partial charge on any atom is 0.0205 e. The standard InChI is InChI=1S/C13H22N2S/c1-3-16-13-6-4-12(5-7-13)10-15-9-11(2)8-14/h4-7,11,15H,3,8-10,14H2,1-2H3. The van der Waals surface area contributed by atoms with E-state index in [2.05, 4.69) is 43.4 Å². The van der Waals surface area contributed by atoms with Crippen LogP contribution in [0, 0.1) is 5.92 Å². The van der Waals surface area contributed by atoms with Crippen LogP contribution in [0.25, 0.3) is 0 Å². The van der Waals surface area contributed by atoms with Crippen LogP contribution >= 0.6 is 11.8 Å². The summed E-state index contributed by atoms with van der Waals surface area (Å²) in [6.45, 7) is 7.00. The molecule has 0 heterocycles. The second kappa shape index (κ2) is 7.71. The first-order chi connectivity index (χ1) is 7.76. The van der Waals surface area contributed by atoms with Crippen molar-refractivity contribution in [3.8, 4) is 0 Å². The Morgan fingerprint density at radius 1 is 1.31 bits per heavy atom.